The molecule has 0 aromatic carbocycles. The zero-order valence-electron chi connectivity index (χ0n) is 11.4. The lowest BCUT2D eigenvalue weighted by Gasteiger charge is -2.21. The molecular formula is C13H26N4S. The monoisotopic (exact) mass is 270 g/mol. The highest BCUT2D eigenvalue weighted by atomic mass is 32.2. The van der Waals surface area contributed by atoms with Crippen molar-refractivity contribution in [3.8, 4) is 0 Å². The van der Waals surface area contributed by atoms with Crippen molar-refractivity contribution in [2.24, 2.45) is 10.7 Å². The average molecular weight is 270 g/mol. The van der Waals surface area contributed by atoms with E-state index in [4.69, 9.17) is 5.73 Å². The van der Waals surface area contributed by atoms with Gasteiger partial charge in [0.25, 0.3) is 0 Å². The number of likely N-dealkylation sites (tertiary alicyclic amines) is 1. The van der Waals surface area contributed by atoms with Crippen molar-refractivity contribution in [2.45, 2.75) is 43.9 Å². The highest BCUT2D eigenvalue weighted by molar-refractivity contribution is 8.00. The number of nitrogens with one attached hydrogen (secondary N) is 1. The first-order valence-corrected chi connectivity index (χ1v) is 8.24. The number of hydrogen-bond acceptors (Lipinski definition) is 3. The summed E-state index contributed by atoms with van der Waals surface area (Å²) in [6.07, 6.45) is 5.24. The van der Waals surface area contributed by atoms with Gasteiger partial charge in [-0.15, -0.1) is 0 Å². The molecule has 0 saturated carbocycles. The third-order valence-electron chi connectivity index (χ3n) is 3.91. The van der Waals surface area contributed by atoms with E-state index in [9.17, 15) is 0 Å². The van der Waals surface area contributed by atoms with E-state index in [0.717, 1.165) is 24.9 Å². The first-order chi connectivity index (χ1) is 8.79. The quantitative estimate of drug-likeness (QED) is 0.583. The van der Waals surface area contributed by atoms with Gasteiger partial charge < -0.3 is 11.1 Å². The minimum atomic E-state index is 0.608. The lowest BCUT2D eigenvalue weighted by atomic mass is 10.2. The van der Waals surface area contributed by atoms with Gasteiger partial charge in [0.2, 0.25) is 0 Å². The Bertz CT molecular complexity index is 276. The standard InChI is InChI=1S/C13H26N4S/c1-2-17-7-3-5-11(17)9-15-13(14)16-10-12-6-4-8-18-12/h11-12H,2-10H2,1H3,(H3,14,15,16). The molecule has 0 bridgehead atoms. The van der Waals surface area contributed by atoms with E-state index in [1.807, 2.05) is 0 Å². The average Bonchev–Trinajstić information content (AvgIpc) is 3.04. The van der Waals surface area contributed by atoms with Crippen molar-refractivity contribution in [1.29, 1.82) is 0 Å². The van der Waals surface area contributed by atoms with Crippen LogP contribution in [0.5, 0.6) is 0 Å². The molecule has 2 aliphatic heterocycles. The molecule has 0 aliphatic carbocycles. The van der Waals surface area contributed by atoms with Crippen LogP contribution in [0.4, 0.5) is 0 Å². The smallest absolute Gasteiger partial charge is 0.188 e. The summed E-state index contributed by atoms with van der Waals surface area (Å²) >= 11 is 2.05. The first kappa shape index (κ1) is 14.0. The Hall–Kier alpha value is -0.420. The van der Waals surface area contributed by atoms with E-state index in [1.165, 1.54) is 38.0 Å². The van der Waals surface area contributed by atoms with Crippen LogP contribution >= 0.6 is 11.8 Å². The Kier molecular flexibility index (Phi) is 5.63. The molecule has 2 rings (SSSR count). The molecule has 2 fully saturated rings. The second kappa shape index (κ2) is 7.24. The maximum absolute atomic E-state index is 5.93. The summed E-state index contributed by atoms with van der Waals surface area (Å²) in [5.41, 5.74) is 5.93. The Morgan fingerprint density at radius 2 is 2.33 bits per heavy atom. The van der Waals surface area contributed by atoms with Crippen molar-refractivity contribution < 1.29 is 0 Å². The summed E-state index contributed by atoms with van der Waals surface area (Å²) in [5.74, 6) is 1.93. The van der Waals surface area contributed by atoms with Crippen LogP contribution in [-0.4, -0.2) is 54.1 Å². The van der Waals surface area contributed by atoms with Gasteiger partial charge in [0.15, 0.2) is 5.96 Å². The van der Waals surface area contributed by atoms with Gasteiger partial charge in [-0.05, 0) is 44.5 Å². The van der Waals surface area contributed by atoms with E-state index in [0.29, 0.717) is 12.0 Å². The van der Waals surface area contributed by atoms with Gasteiger partial charge in [-0.2, -0.15) is 11.8 Å². The van der Waals surface area contributed by atoms with Crippen molar-refractivity contribution in [2.75, 3.05) is 31.9 Å². The fraction of sp³-hybridized carbons (Fsp3) is 0.923. The molecule has 4 nitrogen and oxygen atoms in total. The van der Waals surface area contributed by atoms with Crippen molar-refractivity contribution in [3.05, 3.63) is 0 Å². The number of likely N-dealkylation sites (N-methyl/N-ethyl adjacent to an activating group) is 1. The second-order valence-electron chi connectivity index (χ2n) is 5.17. The lowest BCUT2D eigenvalue weighted by Crippen LogP contribution is -2.38. The number of rotatable bonds is 5. The molecule has 5 heteroatoms. The molecule has 2 heterocycles. The maximum atomic E-state index is 5.93. The van der Waals surface area contributed by atoms with Crippen LogP contribution in [0.1, 0.15) is 32.6 Å². The first-order valence-electron chi connectivity index (χ1n) is 7.19. The Morgan fingerprint density at radius 1 is 1.44 bits per heavy atom. The predicted molar refractivity (Wildman–Crippen MR) is 80.2 cm³/mol. The van der Waals surface area contributed by atoms with E-state index in [2.05, 4.69) is 33.9 Å². The number of guanidine groups is 1. The van der Waals surface area contributed by atoms with Gasteiger partial charge in [0, 0.05) is 17.8 Å². The molecule has 0 aromatic rings. The minimum Gasteiger partial charge on any atom is -0.370 e. The van der Waals surface area contributed by atoms with Crippen molar-refractivity contribution in [1.82, 2.24) is 10.2 Å². The van der Waals surface area contributed by atoms with Crippen molar-refractivity contribution >= 4 is 17.7 Å². The van der Waals surface area contributed by atoms with Gasteiger partial charge in [-0.1, -0.05) is 6.92 Å². The molecule has 0 spiro atoms. The zero-order valence-corrected chi connectivity index (χ0v) is 12.2. The number of thioether (sulfide) groups is 1. The fourth-order valence-electron chi connectivity index (χ4n) is 2.80. The molecule has 2 aliphatic rings. The topological polar surface area (TPSA) is 53.6 Å². The molecule has 2 atom stereocenters. The molecule has 3 N–H and O–H groups in total. The highest BCUT2D eigenvalue weighted by Gasteiger charge is 2.22. The Morgan fingerprint density at radius 3 is 3.06 bits per heavy atom. The second-order valence-corrected chi connectivity index (χ2v) is 6.57. The van der Waals surface area contributed by atoms with Gasteiger partial charge >= 0.3 is 0 Å². The van der Waals surface area contributed by atoms with E-state index < -0.39 is 0 Å². The summed E-state index contributed by atoms with van der Waals surface area (Å²) in [6.45, 7) is 6.41. The maximum Gasteiger partial charge on any atom is 0.188 e. The summed E-state index contributed by atoms with van der Waals surface area (Å²) in [7, 11) is 0. The predicted octanol–water partition coefficient (Wildman–Crippen LogP) is 1.27. The van der Waals surface area contributed by atoms with Crippen LogP contribution < -0.4 is 11.1 Å². The van der Waals surface area contributed by atoms with Gasteiger partial charge in [-0.25, -0.2) is 0 Å². The van der Waals surface area contributed by atoms with Crippen LogP contribution in [0, 0.1) is 0 Å². The van der Waals surface area contributed by atoms with Gasteiger partial charge in [-0.3, -0.25) is 9.89 Å². The largest absolute Gasteiger partial charge is 0.370 e. The van der Waals surface area contributed by atoms with Crippen molar-refractivity contribution in [3.63, 3.8) is 0 Å². The SMILES string of the molecule is CCN1CCCC1CN=C(N)NCC1CCCS1. The van der Waals surface area contributed by atoms with Gasteiger partial charge in [0.05, 0.1) is 6.54 Å². The van der Waals surface area contributed by atoms with E-state index in [1.54, 1.807) is 0 Å². The Balaban J connectivity index is 1.67. The zero-order chi connectivity index (χ0) is 12.8. The minimum absolute atomic E-state index is 0.608. The molecule has 2 unspecified atom stereocenters. The van der Waals surface area contributed by atoms with E-state index >= 15 is 0 Å². The van der Waals surface area contributed by atoms with E-state index in [-0.39, 0.29) is 0 Å². The van der Waals surface area contributed by atoms with Crippen LogP contribution in [0.15, 0.2) is 4.99 Å². The summed E-state index contributed by atoms with van der Waals surface area (Å²) in [4.78, 5) is 7.00. The van der Waals surface area contributed by atoms with Gasteiger partial charge in [0.1, 0.15) is 0 Å². The third kappa shape index (κ3) is 4.05. The van der Waals surface area contributed by atoms with Crippen LogP contribution in [0.25, 0.3) is 0 Å². The molecule has 2 saturated heterocycles. The number of hydrogen-bond donors (Lipinski definition) is 2. The molecule has 0 amide bonds. The lowest BCUT2D eigenvalue weighted by molar-refractivity contribution is 0.273. The third-order valence-corrected chi connectivity index (χ3v) is 5.31. The number of nitrogens with two attached hydrogens (primary N) is 1. The summed E-state index contributed by atoms with van der Waals surface area (Å²) in [5, 5.41) is 4.00. The molecule has 0 radical (unpaired) electrons. The number of aliphatic imine (C=N–C) groups is 1. The normalized spacial score (nSPS) is 29.9. The highest BCUT2D eigenvalue weighted by Crippen LogP contribution is 2.25. The summed E-state index contributed by atoms with van der Waals surface area (Å²) < 4.78 is 0. The number of nitrogens with zero attached hydrogens (tertiary/aromatic N) is 2. The molecule has 18 heavy (non-hydrogen) atoms. The molecular weight excluding hydrogens is 244 g/mol. The fourth-order valence-corrected chi connectivity index (χ4v) is 4.00. The van der Waals surface area contributed by atoms with Crippen LogP contribution in [0.3, 0.4) is 0 Å². The summed E-state index contributed by atoms with van der Waals surface area (Å²) in [6, 6.07) is 0.608. The molecule has 0 aromatic heterocycles. The van der Waals surface area contributed by atoms with Crippen LogP contribution in [0.2, 0.25) is 0 Å². The van der Waals surface area contributed by atoms with Crippen LogP contribution in [-0.2, 0) is 0 Å². The Labute approximate surface area is 115 Å². The molecule has 104 valence electrons.